The third-order valence-corrected chi connectivity index (χ3v) is 17.7. The number of hydrogen-bond acceptors (Lipinski definition) is 8. The lowest BCUT2D eigenvalue weighted by Crippen LogP contribution is -2.51. The molecule has 11 aromatic rings. The number of nitrogens with zero attached hydrogens (tertiary/aromatic N) is 4. The maximum absolute atomic E-state index is 7.58. The first-order valence-electron chi connectivity index (χ1n) is 26.0. The van der Waals surface area contributed by atoms with Crippen molar-refractivity contribution in [2.45, 2.75) is 16.7 Å². The van der Waals surface area contributed by atoms with Gasteiger partial charge in [-0.25, -0.2) is 0 Å². The summed E-state index contributed by atoms with van der Waals surface area (Å²) in [4.78, 5) is 11.9. The Labute approximate surface area is 457 Å². The molecule has 0 atom stereocenters. The van der Waals surface area contributed by atoms with E-state index in [4.69, 9.17) is 9.47 Å². The van der Waals surface area contributed by atoms with Crippen molar-refractivity contribution in [3.05, 3.63) is 266 Å². The zero-order chi connectivity index (χ0) is 51.0. The van der Waals surface area contributed by atoms with Crippen molar-refractivity contribution in [1.29, 1.82) is 0 Å². The lowest BCUT2D eigenvalue weighted by atomic mass is 9.53. The van der Waals surface area contributed by atoms with Gasteiger partial charge in [-0.15, -0.1) is 0 Å². The van der Waals surface area contributed by atoms with Gasteiger partial charge in [0.25, 0.3) is 12.0 Å². The first-order valence-corrected chi connectivity index (χ1v) is 27.8. The predicted molar refractivity (Wildman–Crippen MR) is 325 cm³/mol. The molecule has 77 heavy (non-hydrogen) atoms. The zero-order valence-electron chi connectivity index (χ0n) is 41.9. The molecule has 0 spiro atoms. The molecule has 0 radical (unpaired) electrons. The van der Waals surface area contributed by atoms with E-state index in [1.54, 1.807) is 0 Å². The van der Waals surface area contributed by atoms with Crippen LogP contribution in [0.3, 0.4) is 0 Å². The lowest BCUT2D eigenvalue weighted by Gasteiger charge is -2.36. The Morgan fingerprint density at radius 3 is 1.03 bits per heavy atom. The predicted octanol–water partition coefficient (Wildman–Crippen LogP) is 16.5. The summed E-state index contributed by atoms with van der Waals surface area (Å²) in [6.45, 7) is 2.20. The summed E-state index contributed by atoms with van der Waals surface area (Å²) in [5, 5.41) is 0. The van der Waals surface area contributed by atoms with Gasteiger partial charge in [-0.3, -0.25) is 0 Å². The SMILES string of the molecule is Cc1c2c(cc3c1Oc1cc(N(c4ccccc4)c4ccccc4)cc4c1B3Sc1ccccc1N4c1ccccc1)B1Sc3ccccc3N(c3ccccc3)c3cc(N(c4ccccc4)c4ccccc4)cc(c31)O2. The summed E-state index contributed by atoms with van der Waals surface area (Å²) in [6.07, 6.45) is 0. The molecule has 4 aliphatic heterocycles. The molecule has 10 heteroatoms. The summed E-state index contributed by atoms with van der Waals surface area (Å²) in [7, 11) is 0. The lowest BCUT2D eigenvalue weighted by molar-refractivity contribution is 0.459. The maximum Gasteiger partial charge on any atom is 0.291 e. The maximum atomic E-state index is 7.58. The molecule has 0 aromatic heterocycles. The third kappa shape index (κ3) is 7.61. The molecule has 6 nitrogen and oxygen atoms in total. The fourth-order valence-electron chi connectivity index (χ4n) is 11.7. The summed E-state index contributed by atoms with van der Waals surface area (Å²) < 4.78 is 15.2. The molecule has 0 aliphatic carbocycles. The van der Waals surface area contributed by atoms with Gasteiger partial charge in [0, 0.05) is 83.9 Å². The molecule has 0 fully saturated rings. The summed E-state index contributed by atoms with van der Waals surface area (Å²) in [5.74, 6) is 3.00. The monoisotopic (exact) mass is 1020 g/mol. The highest BCUT2D eigenvalue weighted by Crippen LogP contribution is 2.53. The van der Waals surface area contributed by atoms with Gasteiger partial charge in [0.2, 0.25) is 0 Å². The Bertz CT molecular complexity index is 3710. The Kier molecular flexibility index (Phi) is 11.0. The molecular weight excluding hydrogens is 979 g/mol. The number of para-hydroxylation sites is 8. The summed E-state index contributed by atoms with van der Waals surface area (Å²) >= 11 is 3.80. The minimum Gasteiger partial charge on any atom is -0.458 e. The quantitative estimate of drug-likeness (QED) is 0.139. The normalized spacial score (nSPS) is 13.3. The van der Waals surface area contributed by atoms with Crippen LogP contribution in [0, 0.1) is 6.92 Å². The molecule has 4 aliphatic rings. The second-order valence-corrected chi connectivity index (χ2v) is 21.9. The topological polar surface area (TPSA) is 31.4 Å². The van der Waals surface area contributed by atoms with Gasteiger partial charge in [0.1, 0.15) is 23.0 Å². The van der Waals surface area contributed by atoms with E-state index >= 15 is 0 Å². The molecule has 0 N–H and O–H groups in total. The fraction of sp³-hybridized carbons (Fsp3) is 0.0149. The van der Waals surface area contributed by atoms with Crippen LogP contribution in [-0.2, 0) is 0 Å². The van der Waals surface area contributed by atoms with Gasteiger partial charge in [-0.05, 0) is 127 Å². The van der Waals surface area contributed by atoms with Gasteiger partial charge in [-0.1, -0.05) is 140 Å². The number of ether oxygens (including phenoxy) is 2. The smallest absolute Gasteiger partial charge is 0.291 e. The number of fused-ring (bicyclic) bond motifs is 6. The van der Waals surface area contributed by atoms with Crippen molar-refractivity contribution in [2.75, 3.05) is 19.6 Å². The Morgan fingerprint density at radius 1 is 0.338 bits per heavy atom. The Morgan fingerprint density at radius 2 is 0.662 bits per heavy atom. The van der Waals surface area contributed by atoms with Crippen LogP contribution in [0.25, 0.3) is 0 Å². The molecule has 0 bridgehead atoms. The molecule has 364 valence electrons. The fourth-order valence-corrected chi connectivity index (χ4v) is 14.4. The van der Waals surface area contributed by atoms with E-state index in [0.29, 0.717) is 0 Å². The summed E-state index contributed by atoms with van der Waals surface area (Å²) in [5.41, 5.74) is 18.2. The van der Waals surface area contributed by atoms with E-state index in [2.05, 4.69) is 287 Å². The van der Waals surface area contributed by atoms with Crippen LogP contribution >= 0.6 is 23.2 Å². The van der Waals surface area contributed by atoms with Crippen molar-refractivity contribution >= 4 is 125 Å². The van der Waals surface area contributed by atoms with Crippen LogP contribution in [-0.4, -0.2) is 12.0 Å². The highest BCUT2D eigenvalue weighted by atomic mass is 32.2. The average Bonchev–Trinajstić information content (AvgIpc) is 3.86. The van der Waals surface area contributed by atoms with Gasteiger partial charge in [0.05, 0.1) is 22.7 Å². The van der Waals surface area contributed by atoms with Crippen LogP contribution in [0.5, 0.6) is 23.0 Å². The molecule has 4 heterocycles. The highest BCUT2D eigenvalue weighted by molar-refractivity contribution is 8.28. The number of hydrogen-bond donors (Lipinski definition) is 0. The van der Waals surface area contributed by atoms with Gasteiger partial charge in [-0.2, -0.15) is 23.2 Å². The highest BCUT2D eigenvalue weighted by Gasteiger charge is 2.46. The van der Waals surface area contributed by atoms with Crippen molar-refractivity contribution in [2.24, 2.45) is 0 Å². The van der Waals surface area contributed by atoms with Crippen LogP contribution in [0.15, 0.2) is 271 Å². The van der Waals surface area contributed by atoms with E-state index in [-0.39, 0.29) is 12.0 Å². The van der Waals surface area contributed by atoms with E-state index < -0.39 is 0 Å². The first kappa shape index (κ1) is 45.4. The Balaban J connectivity index is 0.979. The standard InChI is InChI=1S/C67H46B2N4O2S2/c1-45-66-54(68-64-58(72(50-32-16-6-17-33-50)56-36-20-22-38-62(56)76-68)40-52(42-60(64)74-66)70(46-24-8-2-9-25-46)47-26-10-3-11-27-47)44-55-67(45)75-61-43-53(71(48-28-12-4-13-29-48)49-30-14-5-15-31-49)41-59-65(61)69(55)77-63-39-23-21-37-57(63)73(59)51-34-18-7-19-35-51/h2-44H,1H3. The minimum atomic E-state index is -0.143. The largest absolute Gasteiger partial charge is 0.458 e. The molecule has 15 rings (SSSR count). The van der Waals surface area contributed by atoms with Gasteiger partial charge < -0.3 is 29.1 Å². The van der Waals surface area contributed by atoms with Crippen LogP contribution < -0.4 is 50.9 Å². The van der Waals surface area contributed by atoms with Gasteiger partial charge >= 0.3 is 0 Å². The molecule has 0 unspecified atom stereocenters. The van der Waals surface area contributed by atoms with Crippen LogP contribution in [0.4, 0.5) is 68.2 Å². The van der Waals surface area contributed by atoms with E-state index in [9.17, 15) is 0 Å². The van der Waals surface area contributed by atoms with Crippen LogP contribution in [0.1, 0.15) is 5.56 Å². The minimum absolute atomic E-state index is 0.143. The molecule has 11 aromatic carbocycles. The van der Waals surface area contributed by atoms with E-state index in [1.807, 2.05) is 23.2 Å². The summed E-state index contributed by atoms with van der Waals surface area (Å²) in [6, 6.07) is 93.4. The number of anilines is 12. The zero-order valence-corrected chi connectivity index (χ0v) is 43.5. The average molecular weight is 1020 g/mol. The number of benzene rings is 11. The molecule has 0 amide bonds. The van der Waals surface area contributed by atoms with Crippen molar-refractivity contribution in [1.82, 2.24) is 0 Å². The third-order valence-electron chi connectivity index (χ3n) is 15.0. The van der Waals surface area contributed by atoms with Crippen molar-refractivity contribution in [3.63, 3.8) is 0 Å². The Hall–Kier alpha value is -8.95. The molecular formula is C67H46B2N4O2S2. The second-order valence-electron chi connectivity index (χ2n) is 19.6. The number of rotatable bonds is 8. The molecule has 0 saturated carbocycles. The van der Waals surface area contributed by atoms with Gasteiger partial charge in [0.15, 0.2) is 0 Å². The van der Waals surface area contributed by atoms with Crippen molar-refractivity contribution < 1.29 is 9.47 Å². The van der Waals surface area contributed by atoms with Crippen LogP contribution in [0.2, 0.25) is 0 Å². The molecule has 0 saturated heterocycles. The van der Waals surface area contributed by atoms with Crippen molar-refractivity contribution in [3.8, 4) is 23.0 Å². The second kappa shape index (κ2) is 18.7. The van der Waals surface area contributed by atoms with E-state index in [1.165, 1.54) is 9.79 Å². The first-order chi connectivity index (χ1) is 38.1. The van der Waals surface area contributed by atoms with E-state index in [0.717, 1.165) is 119 Å².